The fraction of sp³-hybridized carbons (Fsp3) is 0.214. The minimum atomic E-state index is 0.112. The van der Waals surface area contributed by atoms with Crippen molar-refractivity contribution in [3.8, 4) is 5.75 Å². The number of carbonyl (C=O) groups excluding carboxylic acids is 1. The van der Waals surface area contributed by atoms with Gasteiger partial charge in [-0.3, -0.25) is 4.79 Å². The molecule has 1 aromatic carbocycles. The van der Waals surface area contributed by atoms with Crippen LogP contribution in [0.3, 0.4) is 0 Å². The first-order valence-electron chi connectivity index (χ1n) is 5.62. The number of Topliss-reactive ketones (excluding diaryl/α,β-unsaturated/α-hetero) is 1. The Kier molecular flexibility index (Phi) is 3.28. The Hall–Kier alpha value is -2.03. The average molecular weight is 229 g/mol. The van der Waals surface area contributed by atoms with Crippen molar-refractivity contribution >= 4 is 5.78 Å². The van der Waals surface area contributed by atoms with Gasteiger partial charge < -0.3 is 10.1 Å². The van der Waals surface area contributed by atoms with Gasteiger partial charge in [-0.15, -0.1) is 0 Å². The molecule has 1 aromatic heterocycles. The molecule has 0 bridgehead atoms. The van der Waals surface area contributed by atoms with E-state index >= 15 is 0 Å². The number of nitrogens with one attached hydrogen (secondary N) is 1. The zero-order valence-electron chi connectivity index (χ0n) is 9.73. The third kappa shape index (κ3) is 2.75. The normalized spacial score (nSPS) is 10.4. The summed E-state index contributed by atoms with van der Waals surface area (Å²) in [5.41, 5.74) is 2.57. The molecule has 0 saturated carbocycles. The molecule has 2 aromatic rings. The van der Waals surface area contributed by atoms with Gasteiger partial charge in [0, 0.05) is 12.6 Å². The Morgan fingerprint density at radius 1 is 1.35 bits per heavy atom. The minimum Gasteiger partial charge on any atom is -0.508 e. The summed E-state index contributed by atoms with van der Waals surface area (Å²) in [6, 6.07) is 9.04. The molecule has 2 rings (SSSR count). The Bertz CT molecular complexity index is 515. The van der Waals surface area contributed by atoms with Crippen molar-refractivity contribution in [1.82, 2.24) is 4.98 Å². The van der Waals surface area contributed by atoms with Gasteiger partial charge in [0.2, 0.25) is 0 Å². The third-order valence-electron chi connectivity index (χ3n) is 2.80. The second kappa shape index (κ2) is 4.87. The third-order valence-corrected chi connectivity index (χ3v) is 2.80. The van der Waals surface area contributed by atoms with Crippen LogP contribution in [0.2, 0.25) is 0 Å². The Morgan fingerprint density at radius 3 is 2.82 bits per heavy atom. The molecule has 88 valence electrons. The van der Waals surface area contributed by atoms with Crippen LogP contribution in [0, 0.1) is 6.92 Å². The summed E-state index contributed by atoms with van der Waals surface area (Å²) in [5, 5.41) is 9.40. The quantitative estimate of drug-likeness (QED) is 0.792. The summed E-state index contributed by atoms with van der Waals surface area (Å²) >= 11 is 0. The number of hydrogen-bond donors (Lipinski definition) is 2. The van der Waals surface area contributed by atoms with Crippen LogP contribution in [-0.2, 0) is 6.42 Å². The molecule has 0 atom stereocenters. The van der Waals surface area contributed by atoms with Crippen LogP contribution in [0.5, 0.6) is 5.75 Å². The number of aromatic hydroxyl groups is 1. The molecule has 0 amide bonds. The first-order chi connectivity index (χ1) is 8.16. The minimum absolute atomic E-state index is 0.112. The van der Waals surface area contributed by atoms with Crippen molar-refractivity contribution < 1.29 is 9.90 Å². The van der Waals surface area contributed by atoms with Gasteiger partial charge in [0.15, 0.2) is 5.78 Å². The van der Waals surface area contributed by atoms with E-state index in [0.717, 1.165) is 11.1 Å². The van der Waals surface area contributed by atoms with Crippen molar-refractivity contribution in [3.05, 3.63) is 53.3 Å². The highest BCUT2D eigenvalue weighted by atomic mass is 16.3. The zero-order valence-corrected chi connectivity index (χ0v) is 9.73. The maximum atomic E-state index is 11.8. The molecule has 0 aliphatic rings. The number of rotatable bonds is 4. The summed E-state index contributed by atoms with van der Waals surface area (Å²) < 4.78 is 0. The second-order valence-electron chi connectivity index (χ2n) is 4.13. The number of phenolic OH excluding ortho intramolecular Hbond substituents is 1. The largest absolute Gasteiger partial charge is 0.508 e. The molecule has 3 nitrogen and oxygen atoms in total. The molecule has 0 aliphatic heterocycles. The van der Waals surface area contributed by atoms with E-state index in [-0.39, 0.29) is 5.78 Å². The summed E-state index contributed by atoms with van der Waals surface area (Å²) in [6.45, 7) is 1.85. The number of aromatic nitrogens is 1. The topological polar surface area (TPSA) is 53.1 Å². The smallest absolute Gasteiger partial charge is 0.179 e. The summed E-state index contributed by atoms with van der Waals surface area (Å²) in [5.74, 6) is 0.408. The zero-order chi connectivity index (χ0) is 12.3. The average Bonchev–Trinajstić information content (AvgIpc) is 2.84. The molecule has 0 aliphatic carbocycles. The van der Waals surface area contributed by atoms with Crippen LogP contribution in [0.1, 0.15) is 28.0 Å². The van der Waals surface area contributed by atoms with Gasteiger partial charge in [0.05, 0.1) is 5.69 Å². The lowest BCUT2D eigenvalue weighted by Gasteiger charge is -2.03. The predicted octanol–water partition coefficient (Wildman–Crippen LogP) is 2.84. The fourth-order valence-corrected chi connectivity index (χ4v) is 1.77. The number of hydrogen-bond acceptors (Lipinski definition) is 2. The summed E-state index contributed by atoms with van der Waals surface area (Å²) in [7, 11) is 0. The summed E-state index contributed by atoms with van der Waals surface area (Å²) in [6.07, 6.45) is 2.92. The molecule has 3 heteroatoms. The van der Waals surface area contributed by atoms with Crippen LogP contribution in [0.25, 0.3) is 0 Å². The van der Waals surface area contributed by atoms with E-state index in [0.29, 0.717) is 24.3 Å². The molecule has 0 saturated heterocycles. The molecule has 0 unspecified atom stereocenters. The van der Waals surface area contributed by atoms with Crippen molar-refractivity contribution in [2.75, 3.05) is 0 Å². The second-order valence-corrected chi connectivity index (χ2v) is 4.13. The first-order valence-corrected chi connectivity index (χ1v) is 5.62. The van der Waals surface area contributed by atoms with E-state index in [9.17, 15) is 9.90 Å². The van der Waals surface area contributed by atoms with Gasteiger partial charge in [-0.05, 0) is 42.7 Å². The van der Waals surface area contributed by atoms with Gasteiger partial charge in [-0.2, -0.15) is 0 Å². The van der Waals surface area contributed by atoms with Crippen LogP contribution < -0.4 is 0 Å². The molecule has 17 heavy (non-hydrogen) atoms. The Labute approximate surface area is 100 Å². The molecule has 0 spiro atoms. The van der Waals surface area contributed by atoms with E-state index < -0.39 is 0 Å². The SMILES string of the molecule is Cc1cc(CCC(=O)c2ccc[nH]2)ccc1O. The molecule has 0 radical (unpaired) electrons. The van der Waals surface area contributed by atoms with Gasteiger partial charge in [0.1, 0.15) is 5.75 Å². The molecule has 1 heterocycles. The van der Waals surface area contributed by atoms with Gasteiger partial charge in [-0.25, -0.2) is 0 Å². The van der Waals surface area contributed by atoms with Crippen LogP contribution in [0.4, 0.5) is 0 Å². The van der Waals surface area contributed by atoms with E-state index in [2.05, 4.69) is 4.98 Å². The lowest BCUT2D eigenvalue weighted by atomic mass is 10.0. The van der Waals surface area contributed by atoms with Crippen molar-refractivity contribution in [2.45, 2.75) is 19.8 Å². The number of carbonyl (C=O) groups is 1. The van der Waals surface area contributed by atoms with Crippen LogP contribution >= 0.6 is 0 Å². The number of benzene rings is 1. The van der Waals surface area contributed by atoms with Crippen molar-refractivity contribution in [2.24, 2.45) is 0 Å². The highest BCUT2D eigenvalue weighted by molar-refractivity contribution is 5.94. The van der Waals surface area contributed by atoms with E-state index in [1.165, 1.54) is 0 Å². The lowest BCUT2D eigenvalue weighted by Crippen LogP contribution is -2.01. The standard InChI is InChI=1S/C14H15NO2/c1-10-9-11(4-6-13(10)16)5-7-14(17)12-3-2-8-15-12/h2-4,6,8-9,15-16H,5,7H2,1H3. The number of aromatic amines is 1. The van der Waals surface area contributed by atoms with Gasteiger partial charge >= 0.3 is 0 Å². The fourth-order valence-electron chi connectivity index (χ4n) is 1.77. The Morgan fingerprint density at radius 2 is 2.18 bits per heavy atom. The van der Waals surface area contributed by atoms with Crippen molar-refractivity contribution in [3.63, 3.8) is 0 Å². The lowest BCUT2D eigenvalue weighted by molar-refractivity contribution is 0.0978. The number of H-pyrrole nitrogens is 1. The highest BCUT2D eigenvalue weighted by Crippen LogP contribution is 2.18. The number of ketones is 1. The summed E-state index contributed by atoms with van der Waals surface area (Å²) in [4.78, 5) is 14.7. The van der Waals surface area contributed by atoms with Gasteiger partial charge in [0.25, 0.3) is 0 Å². The molecular formula is C14H15NO2. The van der Waals surface area contributed by atoms with Crippen LogP contribution in [-0.4, -0.2) is 15.9 Å². The Balaban J connectivity index is 1.98. The van der Waals surface area contributed by atoms with E-state index in [1.54, 1.807) is 18.3 Å². The van der Waals surface area contributed by atoms with E-state index in [1.807, 2.05) is 25.1 Å². The molecule has 2 N–H and O–H groups in total. The maximum absolute atomic E-state index is 11.8. The molecule has 0 fully saturated rings. The molecular weight excluding hydrogens is 214 g/mol. The van der Waals surface area contributed by atoms with Crippen molar-refractivity contribution in [1.29, 1.82) is 0 Å². The monoisotopic (exact) mass is 229 g/mol. The maximum Gasteiger partial charge on any atom is 0.179 e. The number of phenols is 1. The highest BCUT2D eigenvalue weighted by Gasteiger charge is 2.07. The van der Waals surface area contributed by atoms with E-state index in [4.69, 9.17) is 0 Å². The van der Waals surface area contributed by atoms with Gasteiger partial charge in [-0.1, -0.05) is 12.1 Å². The predicted molar refractivity (Wildman–Crippen MR) is 66.3 cm³/mol. The van der Waals surface area contributed by atoms with Crippen LogP contribution in [0.15, 0.2) is 36.5 Å². The first kappa shape index (κ1) is 11.5. The number of aryl methyl sites for hydroxylation is 2.